The Bertz CT molecular complexity index is 1030. The second-order valence-electron chi connectivity index (χ2n) is 6.63. The molecule has 1 aromatic heterocycles. The van der Waals surface area contributed by atoms with Crippen LogP contribution < -0.4 is 10.1 Å². The number of hydrogen-bond donors (Lipinski definition) is 1. The van der Waals surface area contributed by atoms with Gasteiger partial charge in [-0.25, -0.2) is 0 Å². The third-order valence-corrected chi connectivity index (χ3v) is 5.23. The van der Waals surface area contributed by atoms with E-state index in [0.29, 0.717) is 18.7 Å². The molecule has 0 radical (unpaired) electrons. The van der Waals surface area contributed by atoms with Gasteiger partial charge < -0.3 is 10.1 Å². The van der Waals surface area contributed by atoms with Crippen molar-refractivity contribution in [3.05, 3.63) is 74.4 Å². The molecule has 1 N–H and O–H groups in total. The summed E-state index contributed by atoms with van der Waals surface area (Å²) in [5.41, 5.74) is 4.69. The lowest BCUT2D eigenvalue weighted by Gasteiger charge is -2.16. The number of nitro benzene ring substituents is 1. The minimum atomic E-state index is -0.467. The Morgan fingerprint density at radius 3 is 2.79 bits per heavy atom. The number of fused-ring (bicyclic) bond motifs is 1. The molecule has 1 aliphatic rings. The van der Waals surface area contributed by atoms with Crippen molar-refractivity contribution in [2.24, 2.45) is 0 Å². The van der Waals surface area contributed by atoms with Crippen LogP contribution in [0.3, 0.4) is 0 Å². The Hall–Kier alpha value is -2.90. The van der Waals surface area contributed by atoms with E-state index in [9.17, 15) is 10.1 Å². The summed E-state index contributed by atoms with van der Waals surface area (Å²) < 4.78 is 7.21. The van der Waals surface area contributed by atoms with Crippen molar-refractivity contribution >= 4 is 17.3 Å². The molecule has 2 aromatic carbocycles. The fourth-order valence-electron chi connectivity index (χ4n) is 3.49. The summed E-state index contributed by atoms with van der Waals surface area (Å²) in [5, 5.41) is 19.6. The Morgan fingerprint density at radius 2 is 2.07 bits per heavy atom. The number of benzene rings is 2. The molecule has 3 aromatic rings. The number of aromatic nitrogens is 2. The van der Waals surface area contributed by atoms with Gasteiger partial charge in [0.05, 0.1) is 24.3 Å². The maximum Gasteiger partial charge on any atom is 0.288 e. The van der Waals surface area contributed by atoms with Crippen LogP contribution in [0.15, 0.2) is 42.5 Å². The number of rotatable bonds is 5. The lowest BCUT2D eigenvalue weighted by atomic mass is 10.0. The molecule has 4 rings (SSSR count). The van der Waals surface area contributed by atoms with E-state index < -0.39 is 4.92 Å². The van der Waals surface area contributed by atoms with E-state index in [2.05, 4.69) is 5.32 Å². The van der Waals surface area contributed by atoms with Crippen LogP contribution in [0.1, 0.15) is 16.8 Å². The highest BCUT2D eigenvalue weighted by atomic mass is 35.5. The van der Waals surface area contributed by atoms with Crippen LogP contribution in [0.25, 0.3) is 11.3 Å². The van der Waals surface area contributed by atoms with Crippen LogP contribution in [0.2, 0.25) is 5.02 Å². The summed E-state index contributed by atoms with van der Waals surface area (Å²) in [6.07, 6.45) is 0.855. The molecule has 0 fully saturated rings. The molecule has 0 bridgehead atoms. The molecular formula is C20H19ClN4O3. The van der Waals surface area contributed by atoms with Crippen molar-refractivity contribution in [2.75, 3.05) is 13.7 Å². The third-order valence-electron chi connectivity index (χ3n) is 4.91. The highest BCUT2D eigenvalue weighted by Gasteiger charge is 2.23. The van der Waals surface area contributed by atoms with Gasteiger partial charge in [-0.2, -0.15) is 5.10 Å². The Balaban J connectivity index is 1.75. The zero-order chi connectivity index (χ0) is 19.7. The maximum absolute atomic E-state index is 11.3. The number of halogens is 1. The second-order valence-corrected chi connectivity index (χ2v) is 7.04. The number of hydrogen-bond acceptors (Lipinski definition) is 5. The molecule has 0 amide bonds. The van der Waals surface area contributed by atoms with Crippen LogP contribution in [-0.4, -0.2) is 28.4 Å². The molecule has 8 heteroatoms. The quantitative estimate of drug-likeness (QED) is 0.522. The molecule has 28 heavy (non-hydrogen) atoms. The zero-order valence-electron chi connectivity index (χ0n) is 15.3. The largest absolute Gasteiger partial charge is 0.497 e. The molecule has 7 nitrogen and oxygen atoms in total. The summed E-state index contributed by atoms with van der Waals surface area (Å²) in [7, 11) is 1.64. The van der Waals surface area contributed by atoms with Gasteiger partial charge >= 0.3 is 0 Å². The summed E-state index contributed by atoms with van der Waals surface area (Å²) in [5.74, 6) is 0.810. The van der Waals surface area contributed by atoms with E-state index in [1.807, 2.05) is 28.9 Å². The van der Waals surface area contributed by atoms with Gasteiger partial charge in [-0.3, -0.25) is 14.8 Å². The molecule has 0 saturated carbocycles. The molecule has 1 aliphatic heterocycles. The molecule has 0 atom stereocenters. The van der Waals surface area contributed by atoms with Crippen LogP contribution in [-0.2, 0) is 19.5 Å². The third kappa shape index (κ3) is 3.46. The Labute approximate surface area is 167 Å². The van der Waals surface area contributed by atoms with Gasteiger partial charge in [-0.15, -0.1) is 0 Å². The van der Waals surface area contributed by atoms with E-state index in [-0.39, 0.29) is 10.7 Å². The van der Waals surface area contributed by atoms with Crippen molar-refractivity contribution in [1.82, 2.24) is 15.1 Å². The fourth-order valence-corrected chi connectivity index (χ4v) is 3.67. The van der Waals surface area contributed by atoms with Gasteiger partial charge in [0.15, 0.2) is 0 Å². The van der Waals surface area contributed by atoms with E-state index in [4.69, 9.17) is 21.4 Å². The van der Waals surface area contributed by atoms with Crippen LogP contribution in [0.4, 0.5) is 5.69 Å². The van der Waals surface area contributed by atoms with Gasteiger partial charge in [0.25, 0.3) is 5.69 Å². The summed E-state index contributed by atoms with van der Waals surface area (Å²) in [6, 6.07) is 12.7. The normalized spacial score (nSPS) is 13.2. The number of nitrogens with one attached hydrogen (secondary N) is 1. The van der Waals surface area contributed by atoms with Crippen molar-refractivity contribution in [3.63, 3.8) is 0 Å². The standard InChI is InChI=1S/C20H19ClN4O3/c1-28-15-5-2-13(3-6-15)12-24-18-8-9-22-11-16(18)20(23-24)14-4-7-17(21)19(10-14)25(26)27/h2-7,10,22H,8-9,11-12H2,1H3. The molecule has 0 spiro atoms. The van der Waals surface area contributed by atoms with Gasteiger partial charge in [-0.1, -0.05) is 29.8 Å². The van der Waals surface area contributed by atoms with Crippen molar-refractivity contribution < 1.29 is 9.66 Å². The first-order valence-corrected chi connectivity index (χ1v) is 9.31. The van der Waals surface area contributed by atoms with Gasteiger partial charge in [-0.05, 0) is 23.8 Å². The van der Waals surface area contributed by atoms with Gasteiger partial charge in [0.1, 0.15) is 10.8 Å². The SMILES string of the molecule is COc1ccc(Cn2nc(-c3ccc(Cl)c([N+](=O)[O-])c3)c3c2CCNC3)cc1. The van der Waals surface area contributed by atoms with E-state index in [1.54, 1.807) is 19.2 Å². The molecule has 144 valence electrons. The van der Waals surface area contributed by atoms with Crippen LogP contribution in [0, 0.1) is 10.1 Å². The second kappa shape index (κ2) is 7.61. The molecule has 0 unspecified atom stereocenters. The van der Waals surface area contributed by atoms with Crippen molar-refractivity contribution in [2.45, 2.75) is 19.5 Å². The first-order valence-electron chi connectivity index (χ1n) is 8.93. The zero-order valence-corrected chi connectivity index (χ0v) is 16.1. The Kier molecular flexibility index (Phi) is 5.02. The lowest BCUT2D eigenvalue weighted by Crippen LogP contribution is -2.25. The minimum absolute atomic E-state index is 0.110. The predicted octanol–water partition coefficient (Wildman–Crippen LogP) is 3.81. The average molecular weight is 399 g/mol. The molecule has 0 aliphatic carbocycles. The number of nitro groups is 1. The van der Waals surface area contributed by atoms with E-state index in [1.165, 1.54) is 6.07 Å². The van der Waals surface area contributed by atoms with Crippen molar-refractivity contribution in [1.29, 1.82) is 0 Å². The fraction of sp³-hybridized carbons (Fsp3) is 0.250. The number of ether oxygens (including phenoxy) is 1. The van der Waals surface area contributed by atoms with Crippen molar-refractivity contribution in [3.8, 4) is 17.0 Å². The first kappa shape index (κ1) is 18.5. The summed E-state index contributed by atoms with van der Waals surface area (Å²) in [6.45, 7) is 2.19. The number of methoxy groups -OCH3 is 1. The average Bonchev–Trinajstić information content (AvgIpc) is 3.07. The van der Waals surface area contributed by atoms with E-state index >= 15 is 0 Å². The monoisotopic (exact) mass is 398 g/mol. The lowest BCUT2D eigenvalue weighted by molar-refractivity contribution is -0.384. The van der Waals surface area contributed by atoms with E-state index in [0.717, 1.165) is 41.2 Å². The topological polar surface area (TPSA) is 82.2 Å². The van der Waals surface area contributed by atoms with Crippen LogP contribution >= 0.6 is 11.6 Å². The van der Waals surface area contributed by atoms with Crippen LogP contribution in [0.5, 0.6) is 5.75 Å². The maximum atomic E-state index is 11.3. The Morgan fingerprint density at radius 1 is 1.29 bits per heavy atom. The smallest absolute Gasteiger partial charge is 0.288 e. The summed E-state index contributed by atoms with van der Waals surface area (Å²) in [4.78, 5) is 10.8. The van der Waals surface area contributed by atoms with Gasteiger partial charge in [0, 0.05) is 42.4 Å². The molecule has 0 saturated heterocycles. The first-order chi connectivity index (χ1) is 13.6. The van der Waals surface area contributed by atoms with Gasteiger partial charge in [0.2, 0.25) is 0 Å². The highest BCUT2D eigenvalue weighted by Crippen LogP contribution is 2.33. The molecular weight excluding hydrogens is 380 g/mol. The number of nitrogens with zero attached hydrogens (tertiary/aromatic N) is 3. The minimum Gasteiger partial charge on any atom is -0.497 e. The molecule has 2 heterocycles. The highest BCUT2D eigenvalue weighted by molar-refractivity contribution is 6.32. The predicted molar refractivity (Wildman–Crippen MR) is 107 cm³/mol. The summed E-state index contributed by atoms with van der Waals surface area (Å²) >= 11 is 5.97.